The molecule has 0 unspecified atom stereocenters. The zero-order valence-corrected chi connectivity index (χ0v) is 16.6. The first-order chi connectivity index (χ1) is 12.0. The van der Waals surface area contributed by atoms with Crippen LogP contribution in [0, 0.1) is 5.92 Å². The van der Waals surface area contributed by atoms with Gasteiger partial charge in [-0.15, -0.1) is 0 Å². The molecule has 0 saturated heterocycles. The van der Waals surface area contributed by atoms with Crippen molar-refractivity contribution in [1.29, 1.82) is 0 Å². The van der Waals surface area contributed by atoms with E-state index < -0.39 is 0 Å². The third-order valence-electron chi connectivity index (χ3n) is 3.66. The Morgan fingerprint density at radius 3 is 2.36 bits per heavy atom. The fourth-order valence-corrected chi connectivity index (χ4v) is 2.29. The lowest BCUT2D eigenvalue weighted by molar-refractivity contribution is 0.128. The minimum absolute atomic E-state index is 0.672. The largest absolute Gasteiger partial charge is 0.380 e. The average molecular weight is 349 g/mol. The number of hydrogen-bond donors (Lipinski definition) is 2. The fourth-order valence-electron chi connectivity index (χ4n) is 2.29. The standard InChI is InChI=1S/C20H36N4O/c1-6-21-20(22-12-14-25-13-11-17(2)3)23-15-18-7-9-19(10-8-18)16-24(4)5/h7-10,17H,6,11-16H2,1-5H3,(H2,21,22,23). The highest BCUT2D eigenvalue weighted by molar-refractivity contribution is 5.79. The summed E-state index contributed by atoms with van der Waals surface area (Å²) in [7, 11) is 4.16. The summed E-state index contributed by atoms with van der Waals surface area (Å²) in [4.78, 5) is 6.82. The number of nitrogens with one attached hydrogen (secondary N) is 2. The smallest absolute Gasteiger partial charge is 0.191 e. The van der Waals surface area contributed by atoms with Crippen molar-refractivity contribution < 1.29 is 4.74 Å². The number of nitrogens with zero attached hydrogens (tertiary/aromatic N) is 2. The number of rotatable bonds is 11. The molecule has 2 N–H and O–H groups in total. The van der Waals surface area contributed by atoms with Gasteiger partial charge in [-0.2, -0.15) is 0 Å². The van der Waals surface area contributed by atoms with Gasteiger partial charge < -0.3 is 20.3 Å². The Hall–Kier alpha value is -1.59. The molecule has 142 valence electrons. The van der Waals surface area contributed by atoms with Gasteiger partial charge in [0.2, 0.25) is 0 Å². The van der Waals surface area contributed by atoms with Crippen molar-refractivity contribution in [1.82, 2.24) is 15.5 Å². The van der Waals surface area contributed by atoms with E-state index in [1.54, 1.807) is 0 Å². The molecule has 0 atom stereocenters. The SMILES string of the molecule is CCNC(=NCc1ccc(CN(C)C)cc1)NCCOCCC(C)C. The second-order valence-electron chi connectivity index (χ2n) is 6.97. The summed E-state index contributed by atoms with van der Waals surface area (Å²) in [5.41, 5.74) is 2.54. The van der Waals surface area contributed by atoms with Gasteiger partial charge in [-0.05, 0) is 44.5 Å². The lowest BCUT2D eigenvalue weighted by atomic mass is 10.1. The molecule has 0 radical (unpaired) electrons. The van der Waals surface area contributed by atoms with E-state index in [9.17, 15) is 0 Å². The summed E-state index contributed by atoms with van der Waals surface area (Å²) < 4.78 is 5.63. The molecule has 0 bridgehead atoms. The quantitative estimate of drug-likeness (QED) is 0.367. The van der Waals surface area contributed by atoms with Crippen LogP contribution in [0.5, 0.6) is 0 Å². The average Bonchev–Trinajstić information content (AvgIpc) is 2.56. The summed E-state index contributed by atoms with van der Waals surface area (Å²) in [5.74, 6) is 1.53. The highest BCUT2D eigenvalue weighted by atomic mass is 16.5. The fraction of sp³-hybridized carbons (Fsp3) is 0.650. The summed E-state index contributed by atoms with van der Waals surface area (Å²) in [6, 6.07) is 8.66. The molecule has 0 spiro atoms. The van der Waals surface area contributed by atoms with Crippen molar-refractivity contribution in [3.63, 3.8) is 0 Å². The van der Waals surface area contributed by atoms with E-state index in [1.165, 1.54) is 11.1 Å². The van der Waals surface area contributed by atoms with Gasteiger partial charge in [0.1, 0.15) is 0 Å². The number of ether oxygens (including phenoxy) is 1. The Morgan fingerprint density at radius 1 is 1.08 bits per heavy atom. The monoisotopic (exact) mass is 348 g/mol. The second kappa shape index (κ2) is 12.7. The van der Waals surface area contributed by atoms with Crippen molar-refractivity contribution in [3.05, 3.63) is 35.4 Å². The topological polar surface area (TPSA) is 48.9 Å². The molecule has 1 rings (SSSR count). The van der Waals surface area contributed by atoms with E-state index >= 15 is 0 Å². The molecule has 0 aliphatic heterocycles. The summed E-state index contributed by atoms with van der Waals surface area (Å²) in [6.07, 6.45) is 1.11. The molecule has 0 saturated carbocycles. The molecule has 5 heteroatoms. The Bertz CT molecular complexity index is 483. The summed E-state index contributed by atoms with van der Waals surface area (Å²) in [6.45, 7) is 11.3. The van der Waals surface area contributed by atoms with Crippen LogP contribution >= 0.6 is 0 Å². The maximum absolute atomic E-state index is 5.63. The highest BCUT2D eigenvalue weighted by Crippen LogP contribution is 2.07. The Labute approximate surface area is 153 Å². The minimum Gasteiger partial charge on any atom is -0.380 e. The van der Waals surface area contributed by atoms with Crippen molar-refractivity contribution in [2.75, 3.05) is 40.4 Å². The minimum atomic E-state index is 0.672. The van der Waals surface area contributed by atoms with Crippen LogP contribution in [0.2, 0.25) is 0 Å². The van der Waals surface area contributed by atoms with E-state index in [0.29, 0.717) is 19.1 Å². The van der Waals surface area contributed by atoms with Gasteiger partial charge in [-0.3, -0.25) is 0 Å². The first-order valence-corrected chi connectivity index (χ1v) is 9.33. The molecule has 0 heterocycles. The van der Waals surface area contributed by atoms with Crippen LogP contribution in [0.15, 0.2) is 29.3 Å². The molecule has 0 fully saturated rings. The highest BCUT2D eigenvalue weighted by Gasteiger charge is 2.00. The third-order valence-corrected chi connectivity index (χ3v) is 3.66. The normalized spacial score (nSPS) is 12.0. The van der Waals surface area contributed by atoms with Crippen LogP contribution in [0.3, 0.4) is 0 Å². The van der Waals surface area contributed by atoms with Crippen molar-refractivity contribution >= 4 is 5.96 Å². The molecular weight excluding hydrogens is 312 g/mol. The van der Waals surface area contributed by atoms with Gasteiger partial charge >= 0.3 is 0 Å². The van der Waals surface area contributed by atoms with Crippen molar-refractivity contribution in [2.45, 2.75) is 40.3 Å². The number of hydrogen-bond acceptors (Lipinski definition) is 3. The van der Waals surface area contributed by atoms with Crippen molar-refractivity contribution in [2.24, 2.45) is 10.9 Å². The van der Waals surface area contributed by atoms with Crippen LogP contribution in [0.4, 0.5) is 0 Å². The van der Waals surface area contributed by atoms with Gasteiger partial charge in [0.25, 0.3) is 0 Å². The molecule has 25 heavy (non-hydrogen) atoms. The molecule has 5 nitrogen and oxygen atoms in total. The van der Waals surface area contributed by atoms with Crippen LogP contribution < -0.4 is 10.6 Å². The lowest BCUT2D eigenvalue weighted by Gasteiger charge is -2.12. The first-order valence-electron chi connectivity index (χ1n) is 9.33. The Morgan fingerprint density at radius 2 is 1.76 bits per heavy atom. The van der Waals surface area contributed by atoms with Gasteiger partial charge in [0.05, 0.1) is 13.2 Å². The van der Waals surface area contributed by atoms with E-state index in [4.69, 9.17) is 4.74 Å². The molecule has 0 aromatic heterocycles. The predicted molar refractivity (Wildman–Crippen MR) is 107 cm³/mol. The van der Waals surface area contributed by atoms with Crippen LogP contribution in [0.25, 0.3) is 0 Å². The Balaban J connectivity index is 2.38. The first kappa shape index (κ1) is 21.5. The molecule has 1 aromatic rings. The van der Waals surface area contributed by atoms with E-state index in [1.807, 2.05) is 0 Å². The number of aliphatic imine (C=N–C) groups is 1. The van der Waals surface area contributed by atoms with Crippen molar-refractivity contribution in [3.8, 4) is 0 Å². The van der Waals surface area contributed by atoms with Gasteiger partial charge in [-0.25, -0.2) is 4.99 Å². The maximum atomic E-state index is 5.63. The van der Waals surface area contributed by atoms with E-state index in [0.717, 1.165) is 38.6 Å². The summed E-state index contributed by atoms with van der Waals surface area (Å²) in [5, 5.41) is 6.60. The van der Waals surface area contributed by atoms with E-state index in [-0.39, 0.29) is 0 Å². The van der Waals surface area contributed by atoms with Crippen LogP contribution in [-0.2, 0) is 17.8 Å². The second-order valence-corrected chi connectivity index (χ2v) is 6.97. The van der Waals surface area contributed by atoms with Crippen LogP contribution in [0.1, 0.15) is 38.3 Å². The van der Waals surface area contributed by atoms with Gasteiger partial charge in [0.15, 0.2) is 5.96 Å². The maximum Gasteiger partial charge on any atom is 0.191 e. The molecular formula is C20H36N4O. The number of benzene rings is 1. The van der Waals surface area contributed by atoms with E-state index in [2.05, 4.69) is 79.7 Å². The zero-order valence-electron chi connectivity index (χ0n) is 16.6. The zero-order chi connectivity index (χ0) is 18.5. The number of guanidine groups is 1. The van der Waals surface area contributed by atoms with Gasteiger partial charge in [-0.1, -0.05) is 38.1 Å². The third kappa shape index (κ3) is 10.8. The summed E-state index contributed by atoms with van der Waals surface area (Å²) >= 11 is 0. The predicted octanol–water partition coefficient (Wildman–Crippen LogP) is 2.87. The molecule has 0 aliphatic rings. The molecule has 0 amide bonds. The van der Waals surface area contributed by atoms with Gasteiger partial charge in [0, 0.05) is 26.2 Å². The molecule has 1 aromatic carbocycles. The Kier molecular flexibility index (Phi) is 10.9. The van der Waals surface area contributed by atoms with Crippen LogP contribution in [-0.4, -0.2) is 51.3 Å². The lowest BCUT2D eigenvalue weighted by Crippen LogP contribution is -2.39. The molecule has 0 aliphatic carbocycles.